The van der Waals surface area contributed by atoms with Gasteiger partial charge in [-0.25, -0.2) is 4.98 Å². The van der Waals surface area contributed by atoms with Crippen LogP contribution in [0.5, 0.6) is 17.2 Å². The lowest BCUT2D eigenvalue weighted by Crippen LogP contribution is -2.00. The highest BCUT2D eigenvalue weighted by Crippen LogP contribution is 2.41. The highest BCUT2D eigenvalue weighted by Gasteiger charge is 2.18. The number of aryl methyl sites for hydroxylation is 1. The van der Waals surface area contributed by atoms with E-state index < -0.39 is 0 Å². The monoisotopic (exact) mass is 482 g/mol. The Bertz CT molecular complexity index is 1210. The van der Waals surface area contributed by atoms with Crippen LogP contribution in [-0.4, -0.2) is 41.1 Å². The van der Waals surface area contributed by atoms with Gasteiger partial charge < -0.3 is 23.2 Å². The summed E-state index contributed by atoms with van der Waals surface area (Å²) in [5, 5.41) is 9.44. The third-order valence-electron chi connectivity index (χ3n) is 5.56. The third-order valence-corrected chi connectivity index (χ3v) is 6.52. The first kappa shape index (κ1) is 23.9. The molecule has 0 aliphatic carbocycles. The van der Waals surface area contributed by atoms with Gasteiger partial charge in [0.05, 0.1) is 38.1 Å². The van der Waals surface area contributed by atoms with Crippen LogP contribution in [0.1, 0.15) is 38.5 Å². The van der Waals surface area contributed by atoms with Crippen LogP contribution in [0.4, 0.5) is 0 Å². The number of fused-ring (bicyclic) bond motifs is 1. The van der Waals surface area contributed by atoms with E-state index in [9.17, 15) is 0 Å². The maximum Gasteiger partial charge on any atom is 0.248 e. The van der Waals surface area contributed by atoms with Crippen molar-refractivity contribution < 1.29 is 18.6 Å². The second-order valence-electron chi connectivity index (χ2n) is 7.80. The summed E-state index contributed by atoms with van der Waals surface area (Å²) in [5.74, 6) is 3.02. The molecule has 0 aliphatic heterocycles. The summed E-state index contributed by atoms with van der Waals surface area (Å²) in [6.45, 7) is 3.17. The van der Waals surface area contributed by atoms with E-state index in [1.54, 1.807) is 45.2 Å². The minimum absolute atomic E-state index is 0.392. The Morgan fingerprint density at radius 1 is 0.941 bits per heavy atom. The molecule has 8 nitrogen and oxygen atoms in total. The van der Waals surface area contributed by atoms with E-state index in [0.29, 0.717) is 40.3 Å². The summed E-state index contributed by atoms with van der Waals surface area (Å²) < 4.78 is 24.5. The van der Waals surface area contributed by atoms with Crippen LogP contribution >= 0.6 is 11.8 Å². The van der Waals surface area contributed by atoms with Crippen molar-refractivity contribution in [1.29, 1.82) is 0 Å². The molecule has 0 saturated heterocycles. The Morgan fingerprint density at radius 3 is 2.41 bits per heavy atom. The minimum atomic E-state index is 0.392. The molecule has 0 fully saturated rings. The first-order valence-corrected chi connectivity index (χ1v) is 12.4. The van der Waals surface area contributed by atoms with Crippen LogP contribution in [0.2, 0.25) is 0 Å². The van der Waals surface area contributed by atoms with Gasteiger partial charge in [0.1, 0.15) is 0 Å². The number of aromatic nitrogens is 4. The van der Waals surface area contributed by atoms with Crippen LogP contribution in [0, 0.1) is 0 Å². The molecule has 0 saturated carbocycles. The van der Waals surface area contributed by atoms with Crippen molar-refractivity contribution in [2.75, 3.05) is 21.3 Å². The van der Waals surface area contributed by atoms with Crippen LogP contribution in [0.15, 0.2) is 46.0 Å². The molecule has 4 aromatic rings. The van der Waals surface area contributed by atoms with E-state index in [0.717, 1.165) is 29.2 Å². The van der Waals surface area contributed by atoms with Gasteiger partial charge in [-0.3, -0.25) is 0 Å². The fourth-order valence-corrected chi connectivity index (χ4v) is 4.71. The summed E-state index contributed by atoms with van der Waals surface area (Å²) >= 11 is 1.61. The summed E-state index contributed by atoms with van der Waals surface area (Å²) in [7, 11) is 4.72. The van der Waals surface area contributed by atoms with Gasteiger partial charge in [-0.05, 0) is 30.7 Å². The standard InChI is InChI=1S/C25H30N4O4S/c1-5-6-7-10-13-29-19-12-9-8-11-18(19)26-25(29)34-16-22-27-28-24(33-22)17-14-20(30-2)23(32-4)21(15-17)31-3/h8-9,11-12,14-15H,5-7,10,13,16H2,1-4H3. The highest BCUT2D eigenvalue weighted by atomic mass is 32.2. The number of para-hydroxylation sites is 2. The van der Waals surface area contributed by atoms with Crippen LogP contribution in [-0.2, 0) is 12.3 Å². The number of benzene rings is 2. The van der Waals surface area contributed by atoms with Gasteiger partial charge >= 0.3 is 0 Å². The molecule has 0 unspecified atom stereocenters. The van der Waals surface area contributed by atoms with Crippen molar-refractivity contribution in [2.45, 2.75) is 50.1 Å². The largest absolute Gasteiger partial charge is 0.493 e. The molecular formula is C25H30N4O4S. The number of thioether (sulfide) groups is 1. The van der Waals surface area contributed by atoms with Gasteiger partial charge in [-0.1, -0.05) is 50.1 Å². The van der Waals surface area contributed by atoms with Gasteiger partial charge in [-0.2, -0.15) is 0 Å². The number of unbranched alkanes of at least 4 members (excludes halogenated alkanes) is 3. The van der Waals surface area contributed by atoms with Gasteiger partial charge in [0.2, 0.25) is 17.5 Å². The van der Waals surface area contributed by atoms with Crippen LogP contribution < -0.4 is 14.2 Å². The molecule has 2 aromatic carbocycles. The van der Waals surface area contributed by atoms with E-state index in [4.69, 9.17) is 23.6 Å². The minimum Gasteiger partial charge on any atom is -0.493 e. The Labute approximate surface area is 203 Å². The first-order chi connectivity index (χ1) is 16.7. The van der Waals surface area contributed by atoms with Gasteiger partial charge in [0.15, 0.2) is 16.7 Å². The molecule has 2 aromatic heterocycles. The number of ether oxygens (including phenoxy) is 3. The molecule has 0 N–H and O–H groups in total. The third kappa shape index (κ3) is 5.14. The lowest BCUT2D eigenvalue weighted by atomic mass is 10.2. The number of methoxy groups -OCH3 is 3. The second-order valence-corrected chi connectivity index (χ2v) is 8.74. The van der Waals surface area contributed by atoms with E-state index in [1.807, 2.05) is 6.07 Å². The molecule has 0 aliphatic rings. The molecule has 2 heterocycles. The summed E-state index contributed by atoms with van der Waals surface area (Å²) in [6.07, 6.45) is 4.82. The molecule has 180 valence electrons. The average Bonchev–Trinajstić information content (AvgIpc) is 3.49. The Kier molecular flexibility index (Phi) is 7.95. The lowest BCUT2D eigenvalue weighted by Gasteiger charge is -2.12. The Balaban J connectivity index is 1.52. The molecule has 9 heteroatoms. The Morgan fingerprint density at radius 2 is 1.71 bits per heavy atom. The number of hydrogen-bond donors (Lipinski definition) is 0. The van der Waals surface area contributed by atoms with Crippen LogP contribution in [0.25, 0.3) is 22.5 Å². The lowest BCUT2D eigenvalue weighted by molar-refractivity contribution is 0.324. The van der Waals surface area contributed by atoms with E-state index in [1.165, 1.54) is 19.3 Å². The molecule has 0 spiro atoms. The van der Waals surface area contributed by atoms with Crippen molar-refractivity contribution in [3.8, 4) is 28.7 Å². The van der Waals surface area contributed by atoms with Crippen molar-refractivity contribution in [2.24, 2.45) is 0 Å². The smallest absolute Gasteiger partial charge is 0.248 e. The average molecular weight is 483 g/mol. The second kappa shape index (κ2) is 11.3. The molecule has 4 rings (SSSR count). The summed E-state index contributed by atoms with van der Waals surface area (Å²) in [6, 6.07) is 11.8. The van der Waals surface area contributed by atoms with Crippen molar-refractivity contribution in [1.82, 2.24) is 19.7 Å². The van der Waals surface area contributed by atoms with Gasteiger partial charge in [-0.15, -0.1) is 10.2 Å². The predicted octanol–water partition coefficient (Wildman–Crippen LogP) is 5.98. The number of nitrogens with zero attached hydrogens (tertiary/aromatic N) is 4. The zero-order chi connectivity index (χ0) is 23.9. The first-order valence-electron chi connectivity index (χ1n) is 11.4. The SMILES string of the molecule is CCCCCCn1c(SCc2nnc(-c3cc(OC)c(OC)c(OC)c3)o2)nc2ccccc21. The maximum atomic E-state index is 5.96. The number of rotatable bonds is 12. The number of imidazole rings is 1. The maximum absolute atomic E-state index is 5.96. The van der Waals surface area contributed by atoms with Crippen molar-refractivity contribution in [3.63, 3.8) is 0 Å². The van der Waals surface area contributed by atoms with Gasteiger partial charge in [0.25, 0.3) is 0 Å². The fourth-order valence-electron chi connectivity index (χ4n) is 3.84. The molecule has 34 heavy (non-hydrogen) atoms. The summed E-state index contributed by atoms with van der Waals surface area (Å²) in [5.41, 5.74) is 2.86. The van der Waals surface area contributed by atoms with Crippen LogP contribution in [0.3, 0.4) is 0 Å². The van der Waals surface area contributed by atoms with E-state index >= 15 is 0 Å². The Hall–Kier alpha value is -3.20. The fraction of sp³-hybridized carbons (Fsp3) is 0.400. The van der Waals surface area contributed by atoms with Crippen molar-refractivity contribution >= 4 is 22.8 Å². The zero-order valence-corrected chi connectivity index (χ0v) is 20.9. The topological polar surface area (TPSA) is 84.4 Å². The molecular weight excluding hydrogens is 452 g/mol. The molecule has 0 bridgehead atoms. The molecule has 0 atom stereocenters. The van der Waals surface area contributed by atoms with Gasteiger partial charge in [0, 0.05) is 12.1 Å². The normalized spacial score (nSPS) is 11.2. The zero-order valence-electron chi connectivity index (χ0n) is 20.0. The summed E-state index contributed by atoms with van der Waals surface area (Å²) in [4.78, 5) is 4.85. The van der Waals surface area contributed by atoms with E-state index in [-0.39, 0.29) is 0 Å². The highest BCUT2D eigenvalue weighted by molar-refractivity contribution is 7.98. The predicted molar refractivity (Wildman–Crippen MR) is 133 cm³/mol. The quantitative estimate of drug-likeness (QED) is 0.180. The molecule has 0 amide bonds. The molecule has 0 radical (unpaired) electrons. The van der Waals surface area contributed by atoms with E-state index in [2.05, 4.69) is 39.9 Å². The van der Waals surface area contributed by atoms with Crippen molar-refractivity contribution in [3.05, 3.63) is 42.3 Å². The number of hydrogen-bond acceptors (Lipinski definition) is 8.